The number of aldehydes is 1. The number of allylic oxidation sites excluding steroid dienone is 5. The van der Waals surface area contributed by atoms with Gasteiger partial charge in [-0.15, -0.1) is 11.6 Å². The van der Waals surface area contributed by atoms with Crippen molar-refractivity contribution < 1.29 is 14.7 Å². The van der Waals surface area contributed by atoms with Gasteiger partial charge < -0.3 is 15.6 Å². The number of carboxylic acid groups (broad SMARTS) is 1. The number of carbonyl (C=O) groups is 2. The van der Waals surface area contributed by atoms with E-state index in [9.17, 15) is 9.59 Å². The summed E-state index contributed by atoms with van der Waals surface area (Å²) in [6.45, 7) is 14.1. The van der Waals surface area contributed by atoms with Crippen LogP contribution in [0.15, 0.2) is 54.1 Å². The number of hydrogen-bond donors (Lipinski definition) is 2. The Hall–Kier alpha value is -3.25. The highest BCUT2D eigenvalue weighted by atomic mass is 35.5. The molecule has 6 nitrogen and oxygen atoms in total. The van der Waals surface area contributed by atoms with Crippen LogP contribution in [0.25, 0.3) is 5.57 Å². The van der Waals surface area contributed by atoms with Crippen molar-refractivity contribution in [2.24, 2.45) is 5.92 Å². The highest BCUT2D eigenvalue weighted by molar-refractivity contribution is 6.18. The van der Waals surface area contributed by atoms with Crippen LogP contribution in [-0.4, -0.2) is 33.2 Å². The van der Waals surface area contributed by atoms with Gasteiger partial charge >= 0.3 is 5.97 Å². The molecule has 0 saturated heterocycles. The number of benzene rings is 1. The number of anilines is 1. The Kier molecular flexibility index (Phi) is 9.55. The molecule has 0 amide bonds. The Morgan fingerprint density at radius 3 is 2.37 bits per heavy atom. The van der Waals surface area contributed by atoms with E-state index in [-0.39, 0.29) is 18.2 Å². The van der Waals surface area contributed by atoms with Gasteiger partial charge in [-0.1, -0.05) is 62.4 Å². The molecule has 2 rings (SSSR count). The van der Waals surface area contributed by atoms with Crippen LogP contribution in [0, 0.1) is 12.8 Å². The number of alkyl halides is 1. The van der Waals surface area contributed by atoms with Crippen LogP contribution in [0.2, 0.25) is 0 Å². The minimum Gasteiger partial charge on any atom is -0.481 e. The van der Waals surface area contributed by atoms with Crippen molar-refractivity contribution in [1.82, 2.24) is 9.97 Å². The number of halogens is 1. The van der Waals surface area contributed by atoms with E-state index in [0.717, 1.165) is 28.6 Å². The normalized spacial score (nSPS) is 14.0. The Bertz CT molecular complexity index is 1140. The SMILES string of the molecule is C=C(C(/C=C\CCl)=C(/C)C(C)C)c1nc(C)c([C@@](C)(C=O)c2ccc(CCC(=O)O)cc2)c(N)n1. The molecule has 1 atom stereocenters. The molecule has 1 heterocycles. The fourth-order valence-corrected chi connectivity index (χ4v) is 4.07. The van der Waals surface area contributed by atoms with Gasteiger partial charge in [0, 0.05) is 29.1 Å². The molecule has 0 aliphatic heterocycles. The van der Waals surface area contributed by atoms with E-state index in [4.69, 9.17) is 27.4 Å². The highest BCUT2D eigenvalue weighted by Gasteiger charge is 2.34. The third-order valence-corrected chi connectivity index (χ3v) is 6.49. The predicted molar refractivity (Wildman–Crippen MR) is 143 cm³/mol. The van der Waals surface area contributed by atoms with Crippen LogP contribution >= 0.6 is 11.6 Å². The first-order valence-corrected chi connectivity index (χ1v) is 12.0. The van der Waals surface area contributed by atoms with Gasteiger partial charge in [0.05, 0.1) is 5.41 Å². The highest BCUT2D eigenvalue weighted by Crippen LogP contribution is 2.36. The zero-order valence-electron chi connectivity index (χ0n) is 21.1. The number of carbonyl (C=O) groups excluding carboxylic acids is 1. The molecular weight excluding hydrogens is 462 g/mol. The standard InChI is InChI=1S/C28H34ClN3O3/c1-17(2)18(3)23(8-7-15-29)19(4)27-31-20(5)25(26(30)32-27)28(6,16-33)22-12-9-21(10-13-22)11-14-24(34)35/h7-10,12-13,16-17H,4,11,14-15H2,1-3,5-6H3,(H,34,35)(H2,30,31,32)/b8-7-,23-18-/t28-/m0/s1. The lowest BCUT2D eigenvalue weighted by molar-refractivity contribution is -0.137. The quantitative estimate of drug-likeness (QED) is 0.236. The second-order valence-electron chi connectivity index (χ2n) is 9.09. The topological polar surface area (TPSA) is 106 Å². The summed E-state index contributed by atoms with van der Waals surface area (Å²) in [5.41, 5.74) is 10.7. The Morgan fingerprint density at radius 1 is 1.26 bits per heavy atom. The van der Waals surface area contributed by atoms with Gasteiger partial charge in [-0.05, 0) is 49.8 Å². The zero-order chi connectivity index (χ0) is 26.3. The average Bonchev–Trinajstić information content (AvgIpc) is 2.82. The van der Waals surface area contributed by atoms with E-state index in [1.807, 2.05) is 43.3 Å². The number of nitrogens with two attached hydrogens (primary N) is 1. The van der Waals surface area contributed by atoms with Gasteiger partial charge in [0.1, 0.15) is 12.1 Å². The monoisotopic (exact) mass is 495 g/mol. The maximum Gasteiger partial charge on any atom is 0.303 e. The fraction of sp³-hybridized carbons (Fsp3) is 0.357. The molecule has 0 spiro atoms. The minimum absolute atomic E-state index is 0.0440. The lowest BCUT2D eigenvalue weighted by Gasteiger charge is -2.27. The predicted octanol–water partition coefficient (Wildman–Crippen LogP) is 5.67. The smallest absolute Gasteiger partial charge is 0.303 e. The van der Waals surface area contributed by atoms with Crippen molar-refractivity contribution in [3.8, 4) is 0 Å². The van der Waals surface area contributed by atoms with Crippen LogP contribution in [0.1, 0.15) is 62.3 Å². The molecule has 0 aliphatic carbocycles. The van der Waals surface area contributed by atoms with Crippen LogP contribution in [-0.2, 0) is 21.4 Å². The summed E-state index contributed by atoms with van der Waals surface area (Å²) in [7, 11) is 0. The van der Waals surface area contributed by atoms with E-state index in [2.05, 4.69) is 25.4 Å². The van der Waals surface area contributed by atoms with Gasteiger partial charge in [-0.25, -0.2) is 9.97 Å². The third-order valence-electron chi connectivity index (χ3n) is 6.31. The third kappa shape index (κ3) is 6.45. The number of nitrogen functional groups attached to an aromatic ring is 1. The summed E-state index contributed by atoms with van der Waals surface area (Å²) in [6.07, 6.45) is 5.07. The average molecular weight is 496 g/mol. The van der Waals surface area contributed by atoms with Crippen molar-refractivity contribution in [2.45, 2.75) is 52.9 Å². The largest absolute Gasteiger partial charge is 0.481 e. The maximum absolute atomic E-state index is 12.4. The van der Waals surface area contributed by atoms with Crippen molar-refractivity contribution in [3.63, 3.8) is 0 Å². The molecule has 0 saturated carbocycles. The zero-order valence-corrected chi connectivity index (χ0v) is 21.8. The first-order chi connectivity index (χ1) is 16.5. The van der Waals surface area contributed by atoms with Crippen LogP contribution in [0.3, 0.4) is 0 Å². The summed E-state index contributed by atoms with van der Waals surface area (Å²) in [6, 6.07) is 7.30. The molecule has 0 bridgehead atoms. The molecular formula is C28H34ClN3O3. The Balaban J connectivity index is 2.53. The maximum atomic E-state index is 12.4. The van der Waals surface area contributed by atoms with Gasteiger partial charge in [0.2, 0.25) is 0 Å². The van der Waals surface area contributed by atoms with Gasteiger partial charge in [-0.2, -0.15) is 0 Å². The van der Waals surface area contributed by atoms with Gasteiger partial charge in [0.25, 0.3) is 0 Å². The van der Waals surface area contributed by atoms with E-state index in [1.165, 1.54) is 0 Å². The van der Waals surface area contributed by atoms with Crippen molar-refractivity contribution in [1.29, 1.82) is 0 Å². The number of aromatic nitrogens is 2. The Morgan fingerprint density at radius 2 is 1.89 bits per heavy atom. The van der Waals surface area contributed by atoms with Crippen molar-refractivity contribution >= 4 is 35.2 Å². The van der Waals surface area contributed by atoms with Crippen LogP contribution < -0.4 is 5.73 Å². The van der Waals surface area contributed by atoms with Crippen LogP contribution in [0.5, 0.6) is 0 Å². The van der Waals surface area contributed by atoms with E-state index in [1.54, 1.807) is 13.8 Å². The second kappa shape index (κ2) is 11.9. The molecule has 1 aromatic heterocycles. The molecule has 1 aromatic carbocycles. The molecule has 35 heavy (non-hydrogen) atoms. The molecule has 0 radical (unpaired) electrons. The minimum atomic E-state index is -1.08. The van der Waals surface area contributed by atoms with E-state index in [0.29, 0.717) is 35.0 Å². The lowest BCUT2D eigenvalue weighted by atomic mass is 9.76. The van der Waals surface area contributed by atoms with Crippen molar-refractivity contribution in [2.75, 3.05) is 11.6 Å². The summed E-state index contributed by atoms with van der Waals surface area (Å²) in [5, 5.41) is 8.91. The fourth-order valence-electron chi connectivity index (χ4n) is 3.98. The molecule has 0 fully saturated rings. The molecule has 0 unspecified atom stereocenters. The molecule has 186 valence electrons. The number of hydrogen-bond acceptors (Lipinski definition) is 5. The van der Waals surface area contributed by atoms with E-state index >= 15 is 0 Å². The first kappa shape index (κ1) is 28.0. The van der Waals surface area contributed by atoms with Crippen LogP contribution in [0.4, 0.5) is 5.82 Å². The summed E-state index contributed by atoms with van der Waals surface area (Å²) >= 11 is 5.87. The van der Waals surface area contributed by atoms with Crippen molar-refractivity contribution in [3.05, 3.63) is 82.4 Å². The number of nitrogens with zero attached hydrogens (tertiary/aromatic N) is 2. The molecule has 7 heteroatoms. The summed E-state index contributed by atoms with van der Waals surface area (Å²) in [5.74, 6) is 0.414. The summed E-state index contributed by atoms with van der Waals surface area (Å²) < 4.78 is 0. The molecule has 2 aromatic rings. The molecule has 0 aliphatic rings. The van der Waals surface area contributed by atoms with E-state index < -0.39 is 11.4 Å². The second-order valence-corrected chi connectivity index (χ2v) is 9.40. The van der Waals surface area contributed by atoms with Gasteiger partial charge in [0.15, 0.2) is 5.82 Å². The number of rotatable bonds is 11. The number of aliphatic carboxylic acids is 1. The summed E-state index contributed by atoms with van der Waals surface area (Å²) in [4.78, 5) is 32.5. The number of carboxylic acids is 1. The first-order valence-electron chi connectivity index (χ1n) is 11.5. The van der Waals surface area contributed by atoms with Gasteiger partial charge in [-0.3, -0.25) is 4.79 Å². The Labute approximate surface area is 212 Å². The lowest BCUT2D eigenvalue weighted by Crippen LogP contribution is -2.29. The molecule has 3 N–H and O–H groups in total. The number of aryl methyl sites for hydroxylation is 2.